The van der Waals surface area contributed by atoms with Gasteiger partial charge in [-0.05, 0) is 12.8 Å². The Labute approximate surface area is 98.5 Å². The van der Waals surface area contributed by atoms with Gasteiger partial charge in [0.05, 0.1) is 13.2 Å². The van der Waals surface area contributed by atoms with Gasteiger partial charge in [-0.25, -0.2) is 14.4 Å². The summed E-state index contributed by atoms with van der Waals surface area (Å²) in [7, 11) is 0. The molecule has 17 heavy (non-hydrogen) atoms. The van der Waals surface area contributed by atoms with Crippen molar-refractivity contribution in [2.75, 3.05) is 13.2 Å². The Balaban J connectivity index is 3.45. The minimum Gasteiger partial charge on any atom is -0.478 e. The molecule has 0 aliphatic heterocycles. The molecule has 0 unspecified atom stereocenters. The predicted octanol–water partition coefficient (Wildman–Crippen LogP) is 0.680. The van der Waals surface area contributed by atoms with E-state index in [1.165, 1.54) is 0 Å². The summed E-state index contributed by atoms with van der Waals surface area (Å²) >= 11 is 0. The molecular formula is C11H14O6. The van der Waals surface area contributed by atoms with Crippen LogP contribution in [0.25, 0.3) is 0 Å². The molecule has 0 bridgehead atoms. The number of hydrogen-bond donors (Lipinski definition) is 1. The molecule has 0 spiro atoms. The number of rotatable bonds is 8. The topological polar surface area (TPSA) is 89.9 Å². The lowest BCUT2D eigenvalue weighted by atomic mass is 10.3. The first kappa shape index (κ1) is 14.9. The third-order valence-corrected chi connectivity index (χ3v) is 1.56. The highest BCUT2D eigenvalue weighted by atomic mass is 16.5. The van der Waals surface area contributed by atoms with Crippen molar-refractivity contribution < 1.29 is 29.0 Å². The van der Waals surface area contributed by atoms with Gasteiger partial charge in [0.25, 0.3) is 0 Å². The Kier molecular flexibility index (Phi) is 8.01. The fraction of sp³-hybridized carbons (Fsp3) is 0.364. The van der Waals surface area contributed by atoms with Gasteiger partial charge in [-0.15, -0.1) is 0 Å². The zero-order valence-electron chi connectivity index (χ0n) is 9.26. The van der Waals surface area contributed by atoms with E-state index in [1.54, 1.807) is 0 Å². The second kappa shape index (κ2) is 9.14. The van der Waals surface area contributed by atoms with Gasteiger partial charge >= 0.3 is 17.9 Å². The maximum Gasteiger partial charge on any atom is 0.331 e. The number of carboxylic acids is 1. The summed E-state index contributed by atoms with van der Waals surface area (Å²) in [4.78, 5) is 31.5. The molecule has 6 heteroatoms. The van der Waals surface area contributed by atoms with Crippen LogP contribution in [0.15, 0.2) is 24.8 Å². The molecular weight excluding hydrogens is 228 g/mol. The summed E-state index contributed by atoms with van der Waals surface area (Å²) in [5.41, 5.74) is 0. The van der Waals surface area contributed by atoms with Gasteiger partial charge in [0, 0.05) is 18.2 Å². The van der Waals surface area contributed by atoms with Crippen molar-refractivity contribution in [2.24, 2.45) is 0 Å². The summed E-state index contributed by atoms with van der Waals surface area (Å²) in [6.07, 6.45) is 3.68. The standard InChI is InChI=1S/C11H14O6/c1-2-10(14)16-7-3-4-8-17-11(15)6-5-9(12)13/h2,5-6H,1,3-4,7-8H2,(H,12,13). The van der Waals surface area contributed by atoms with Crippen molar-refractivity contribution in [2.45, 2.75) is 12.8 Å². The van der Waals surface area contributed by atoms with E-state index >= 15 is 0 Å². The number of hydrogen-bond acceptors (Lipinski definition) is 5. The average Bonchev–Trinajstić information content (AvgIpc) is 2.30. The Morgan fingerprint density at radius 1 is 1.00 bits per heavy atom. The summed E-state index contributed by atoms with van der Waals surface area (Å²) in [5, 5.41) is 8.23. The van der Waals surface area contributed by atoms with Gasteiger partial charge in [0.15, 0.2) is 0 Å². The van der Waals surface area contributed by atoms with Crippen molar-refractivity contribution in [3.05, 3.63) is 24.8 Å². The highest BCUT2D eigenvalue weighted by molar-refractivity contribution is 5.90. The van der Waals surface area contributed by atoms with Gasteiger partial charge in [-0.1, -0.05) is 6.58 Å². The van der Waals surface area contributed by atoms with Crippen molar-refractivity contribution >= 4 is 17.9 Å². The number of carbonyl (C=O) groups excluding carboxylic acids is 2. The van der Waals surface area contributed by atoms with E-state index < -0.39 is 17.9 Å². The highest BCUT2D eigenvalue weighted by Gasteiger charge is 1.99. The van der Waals surface area contributed by atoms with Crippen LogP contribution in [0, 0.1) is 0 Å². The quantitative estimate of drug-likeness (QED) is 0.382. The molecule has 0 heterocycles. The second-order valence-electron chi connectivity index (χ2n) is 2.92. The third kappa shape index (κ3) is 10.2. The minimum atomic E-state index is -1.21. The van der Waals surface area contributed by atoms with Crippen LogP contribution in [0.3, 0.4) is 0 Å². The lowest BCUT2D eigenvalue weighted by Gasteiger charge is -2.02. The molecule has 0 saturated heterocycles. The maximum absolute atomic E-state index is 10.9. The summed E-state index contributed by atoms with van der Waals surface area (Å²) < 4.78 is 9.36. The predicted molar refractivity (Wildman–Crippen MR) is 58.1 cm³/mol. The van der Waals surface area contributed by atoms with E-state index in [2.05, 4.69) is 16.1 Å². The van der Waals surface area contributed by atoms with E-state index in [0.29, 0.717) is 18.9 Å². The van der Waals surface area contributed by atoms with E-state index in [4.69, 9.17) is 5.11 Å². The number of carbonyl (C=O) groups is 3. The molecule has 0 aromatic rings. The first-order valence-corrected chi connectivity index (χ1v) is 4.93. The van der Waals surface area contributed by atoms with E-state index in [1.807, 2.05) is 0 Å². The molecule has 0 rings (SSSR count). The fourth-order valence-corrected chi connectivity index (χ4v) is 0.796. The fourth-order valence-electron chi connectivity index (χ4n) is 0.796. The van der Waals surface area contributed by atoms with Crippen molar-refractivity contribution in [3.63, 3.8) is 0 Å². The number of aliphatic carboxylic acids is 1. The van der Waals surface area contributed by atoms with Gasteiger partial charge < -0.3 is 14.6 Å². The summed E-state index contributed by atoms with van der Waals surface area (Å²) in [6, 6.07) is 0. The van der Waals surface area contributed by atoms with Crippen LogP contribution in [-0.4, -0.2) is 36.2 Å². The van der Waals surface area contributed by atoms with Crippen molar-refractivity contribution in [1.29, 1.82) is 0 Å². The Bertz CT molecular complexity index is 318. The van der Waals surface area contributed by atoms with E-state index in [9.17, 15) is 14.4 Å². The van der Waals surface area contributed by atoms with E-state index in [-0.39, 0.29) is 13.2 Å². The first-order chi connectivity index (χ1) is 8.06. The molecule has 0 aromatic carbocycles. The molecule has 0 amide bonds. The first-order valence-electron chi connectivity index (χ1n) is 4.93. The summed E-state index contributed by atoms with van der Waals surface area (Å²) in [6.45, 7) is 3.61. The van der Waals surface area contributed by atoms with Crippen molar-refractivity contribution in [1.82, 2.24) is 0 Å². The lowest BCUT2D eigenvalue weighted by Crippen LogP contribution is -2.06. The van der Waals surface area contributed by atoms with Crippen LogP contribution >= 0.6 is 0 Å². The Morgan fingerprint density at radius 2 is 1.53 bits per heavy atom. The average molecular weight is 242 g/mol. The summed E-state index contributed by atoms with van der Waals surface area (Å²) in [5.74, 6) is -2.42. The molecule has 94 valence electrons. The monoisotopic (exact) mass is 242 g/mol. The number of esters is 2. The van der Waals surface area contributed by atoms with Gasteiger partial charge in [0.2, 0.25) is 0 Å². The lowest BCUT2D eigenvalue weighted by molar-refractivity contribution is -0.140. The zero-order chi connectivity index (χ0) is 13.1. The van der Waals surface area contributed by atoms with Gasteiger partial charge in [0.1, 0.15) is 0 Å². The largest absolute Gasteiger partial charge is 0.478 e. The Hall–Kier alpha value is -2.11. The van der Waals surface area contributed by atoms with Gasteiger partial charge in [-0.3, -0.25) is 0 Å². The molecule has 0 aliphatic rings. The number of carboxylic acid groups (broad SMARTS) is 1. The van der Waals surface area contributed by atoms with Gasteiger partial charge in [-0.2, -0.15) is 0 Å². The molecule has 0 radical (unpaired) electrons. The van der Waals surface area contributed by atoms with Crippen LogP contribution in [0.5, 0.6) is 0 Å². The zero-order valence-corrected chi connectivity index (χ0v) is 9.26. The maximum atomic E-state index is 10.9. The van der Waals surface area contributed by atoms with Crippen LogP contribution in [-0.2, 0) is 23.9 Å². The molecule has 6 nitrogen and oxygen atoms in total. The molecule has 0 atom stereocenters. The molecule has 0 aromatic heterocycles. The highest BCUT2D eigenvalue weighted by Crippen LogP contribution is 1.93. The molecule has 0 aliphatic carbocycles. The van der Waals surface area contributed by atoms with Crippen molar-refractivity contribution in [3.8, 4) is 0 Å². The molecule has 0 saturated carbocycles. The van der Waals surface area contributed by atoms with E-state index in [0.717, 1.165) is 12.2 Å². The van der Waals surface area contributed by atoms with Crippen LogP contribution < -0.4 is 0 Å². The number of ether oxygens (including phenoxy) is 2. The second-order valence-corrected chi connectivity index (χ2v) is 2.92. The normalized spacial score (nSPS) is 9.88. The minimum absolute atomic E-state index is 0.147. The third-order valence-electron chi connectivity index (χ3n) is 1.56. The molecule has 0 fully saturated rings. The number of unbranched alkanes of at least 4 members (excludes halogenated alkanes) is 1. The molecule has 1 N–H and O–H groups in total. The Morgan fingerprint density at radius 3 is 2.00 bits per heavy atom. The smallest absolute Gasteiger partial charge is 0.331 e. The van der Waals surface area contributed by atoms with Crippen LogP contribution in [0.4, 0.5) is 0 Å². The SMILES string of the molecule is C=CC(=O)OCCCCOC(=O)C=CC(=O)O. The van der Waals surface area contributed by atoms with Crippen LogP contribution in [0.1, 0.15) is 12.8 Å². The van der Waals surface area contributed by atoms with Crippen LogP contribution in [0.2, 0.25) is 0 Å².